The molecule has 38 heavy (non-hydrogen) atoms. The zero-order valence-electron chi connectivity index (χ0n) is 21.6. The van der Waals surface area contributed by atoms with Crippen molar-refractivity contribution in [2.24, 2.45) is 0 Å². The predicted octanol–water partition coefficient (Wildman–Crippen LogP) is 4.01. The molecule has 4 rings (SSSR count). The summed E-state index contributed by atoms with van der Waals surface area (Å²) in [7, 11) is 1.83. The first-order valence-corrected chi connectivity index (χ1v) is 12.7. The van der Waals surface area contributed by atoms with Crippen LogP contribution >= 0.6 is 0 Å². The second-order valence-corrected chi connectivity index (χ2v) is 9.51. The summed E-state index contributed by atoms with van der Waals surface area (Å²) in [5.74, 6) is -1.82. The normalized spacial score (nSPS) is 13.8. The highest BCUT2D eigenvalue weighted by Crippen LogP contribution is 2.44. The Morgan fingerprint density at radius 1 is 0.868 bits per heavy atom. The topological polar surface area (TPSA) is 108 Å². The molecule has 0 bridgehead atoms. The molecule has 2 atom stereocenters. The number of likely N-dealkylation sites (N-methyl/N-ethyl adjacent to an activating group) is 1. The third kappa shape index (κ3) is 6.39. The van der Waals surface area contributed by atoms with E-state index in [1.54, 1.807) is 6.92 Å². The maximum absolute atomic E-state index is 13.1. The number of nitrogens with zero attached hydrogens (tertiary/aromatic N) is 1. The molecule has 0 heterocycles. The molecular formula is C30H33N3O5. The van der Waals surface area contributed by atoms with Crippen LogP contribution in [0.3, 0.4) is 0 Å². The van der Waals surface area contributed by atoms with Gasteiger partial charge in [0.05, 0.1) is 0 Å². The maximum atomic E-state index is 13.1. The summed E-state index contributed by atoms with van der Waals surface area (Å²) in [4.78, 5) is 39.4. The first-order valence-electron chi connectivity index (χ1n) is 12.7. The molecule has 2 amide bonds. The second kappa shape index (κ2) is 12.4. The molecule has 8 heteroatoms. The molecule has 3 N–H and O–H groups in total. The molecule has 0 saturated carbocycles. The van der Waals surface area contributed by atoms with Gasteiger partial charge < -0.3 is 20.5 Å². The van der Waals surface area contributed by atoms with Crippen LogP contribution in [-0.2, 0) is 20.9 Å². The second-order valence-electron chi connectivity index (χ2n) is 9.51. The van der Waals surface area contributed by atoms with Crippen LogP contribution in [0, 0.1) is 0 Å². The van der Waals surface area contributed by atoms with Crippen molar-refractivity contribution in [3.8, 4) is 11.1 Å². The molecule has 2 unspecified atom stereocenters. The molecule has 0 fully saturated rings. The first kappa shape index (κ1) is 26.9. The monoisotopic (exact) mass is 515 g/mol. The van der Waals surface area contributed by atoms with Gasteiger partial charge in [-0.2, -0.15) is 0 Å². The lowest BCUT2D eigenvalue weighted by molar-refractivity contribution is -0.142. The molecule has 0 aromatic heterocycles. The third-order valence-electron chi connectivity index (χ3n) is 6.76. The lowest BCUT2D eigenvalue weighted by Gasteiger charge is -2.26. The van der Waals surface area contributed by atoms with Crippen molar-refractivity contribution in [1.82, 2.24) is 15.5 Å². The smallest absolute Gasteiger partial charge is 0.407 e. The van der Waals surface area contributed by atoms with Gasteiger partial charge in [-0.05, 0) is 41.3 Å². The van der Waals surface area contributed by atoms with E-state index in [9.17, 15) is 19.5 Å². The van der Waals surface area contributed by atoms with Gasteiger partial charge in [0.1, 0.15) is 18.7 Å². The predicted molar refractivity (Wildman–Crippen MR) is 145 cm³/mol. The van der Waals surface area contributed by atoms with Crippen LogP contribution in [0.1, 0.15) is 36.0 Å². The van der Waals surface area contributed by atoms with Gasteiger partial charge in [-0.1, -0.05) is 85.8 Å². The minimum absolute atomic E-state index is 0.112. The van der Waals surface area contributed by atoms with E-state index in [1.165, 1.54) is 0 Å². The molecule has 1 aliphatic rings. The van der Waals surface area contributed by atoms with Gasteiger partial charge in [0, 0.05) is 19.0 Å². The van der Waals surface area contributed by atoms with E-state index in [0.717, 1.165) is 27.8 Å². The number of carboxylic acid groups (broad SMARTS) is 1. The molecule has 3 aromatic carbocycles. The minimum atomic E-state index is -1.13. The number of hydrogen-bond donors (Lipinski definition) is 3. The van der Waals surface area contributed by atoms with E-state index in [1.807, 2.05) is 78.7 Å². The molecule has 0 radical (unpaired) electrons. The Morgan fingerprint density at radius 3 is 2.03 bits per heavy atom. The number of benzene rings is 3. The molecule has 8 nitrogen and oxygen atoms in total. The van der Waals surface area contributed by atoms with Crippen molar-refractivity contribution in [3.63, 3.8) is 0 Å². The van der Waals surface area contributed by atoms with Crippen molar-refractivity contribution in [3.05, 3.63) is 95.6 Å². The van der Waals surface area contributed by atoms with Crippen LogP contribution in [-0.4, -0.2) is 60.3 Å². The lowest BCUT2D eigenvalue weighted by Crippen LogP contribution is -2.55. The van der Waals surface area contributed by atoms with E-state index in [2.05, 4.69) is 22.8 Å². The number of rotatable bonds is 11. The number of fused-ring (bicyclic) bond motifs is 3. The van der Waals surface area contributed by atoms with Crippen molar-refractivity contribution in [2.75, 3.05) is 20.2 Å². The fraction of sp³-hybridized carbons (Fsp3) is 0.300. The SMILES string of the molecule is CCC(NC(=O)C(CN(C)Cc1ccccc1)NC(=O)OCC1c2ccccc2-c2ccccc21)C(=O)O. The molecule has 3 aromatic rings. The van der Waals surface area contributed by atoms with Crippen LogP contribution in [0.4, 0.5) is 4.79 Å². The molecule has 0 aliphatic heterocycles. The summed E-state index contributed by atoms with van der Waals surface area (Å²) in [5, 5.41) is 14.6. The number of carbonyl (C=O) groups is 3. The number of nitrogens with one attached hydrogen (secondary N) is 2. The van der Waals surface area contributed by atoms with Crippen molar-refractivity contribution in [2.45, 2.75) is 37.9 Å². The van der Waals surface area contributed by atoms with Crippen LogP contribution in [0.15, 0.2) is 78.9 Å². The van der Waals surface area contributed by atoms with Gasteiger partial charge in [-0.15, -0.1) is 0 Å². The van der Waals surface area contributed by atoms with Crippen molar-refractivity contribution >= 4 is 18.0 Å². The lowest BCUT2D eigenvalue weighted by atomic mass is 9.98. The Hall–Kier alpha value is -4.17. The highest BCUT2D eigenvalue weighted by Gasteiger charge is 2.31. The quantitative estimate of drug-likeness (QED) is 0.356. The largest absolute Gasteiger partial charge is 0.480 e. The van der Waals surface area contributed by atoms with Gasteiger partial charge in [-0.25, -0.2) is 9.59 Å². The zero-order chi connectivity index (χ0) is 27.1. The molecule has 0 saturated heterocycles. The third-order valence-corrected chi connectivity index (χ3v) is 6.76. The van der Waals surface area contributed by atoms with E-state index in [-0.39, 0.29) is 25.5 Å². The minimum Gasteiger partial charge on any atom is -0.480 e. The highest BCUT2D eigenvalue weighted by atomic mass is 16.5. The average Bonchev–Trinajstić information content (AvgIpc) is 3.24. The maximum Gasteiger partial charge on any atom is 0.407 e. The van der Waals surface area contributed by atoms with Crippen LogP contribution < -0.4 is 10.6 Å². The van der Waals surface area contributed by atoms with Crippen molar-refractivity contribution < 1.29 is 24.2 Å². The van der Waals surface area contributed by atoms with Gasteiger partial charge >= 0.3 is 12.1 Å². The summed E-state index contributed by atoms with van der Waals surface area (Å²) in [6, 6.07) is 23.8. The van der Waals surface area contributed by atoms with E-state index < -0.39 is 30.1 Å². The van der Waals surface area contributed by atoms with Crippen LogP contribution in [0.5, 0.6) is 0 Å². The Labute approximate surface area is 222 Å². The molecular weight excluding hydrogens is 482 g/mol. The summed E-state index contributed by atoms with van der Waals surface area (Å²) in [6.07, 6.45) is -0.512. The number of hydrogen-bond acceptors (Lipinski definition) is 5. The van der Waals surface area contributed by atoms with E-state index in [0.29, 0.717) is 6.54 Å². The van der Waals surface area contributed by atoms with E-state index >= 15 is 0 Å². The first-order chi connectivity index (χ1) is 18.4. The number of ether oxygens (including phenoxy) is 1. The molecule has 198 valence electrons. The Bertz CT molecular complexity index is 1230. The number of alkyl carbamates (subject to hydrolysis) is 1. The van der Waals surface area contributed by atoms with Crippen LogP contribution in [0.25, 0.3) is 11.1 Å². The number of carbonyl (C=O) groups excluding carboxylic acids is 2. The summed E-state index contributed by atoms with van der Waals surface area (Å²) in [6.45, 7) is 2.50. The summed E-state index contributed by atoms with van der Waals surface area (Å²) < 4.78 is 5.63. The highest BCUT2D eigenvalue weighted by molar-refractivity contribution is 5.89. The summed E-state index contributed by atoms with van der Waals surface area (Å²) in [5.41, 5.74) is 5.47. The standard InChI is InChI=1S/C30H33N3O5/c1-3-26(29(35)36)31-28(34)27(18-33(2)17-20-11-5-4-6-12-20)32-30(37)38-19-25-23-15-9-7-13-21(23)22-14-8-10-16-24(22)25/h4-16,25-27H,3,17-19H2,1-2H3,(H,31,34)(H,32,37)(H,35,36). The number of amides is 2. The average molecular weight is 516 g/mol. The van der Waals surface area contributed by atoms with Gasteiger partial charge in [0.15, 0.2) is 0 Å². The Kier molecular flexibility index (Phi) is 8.76. The van der Waals surface area contributed by atoms with Gasteiger partial charge in [0.25, 0.3) is 0 Å². The van der Waals surface area contributed by atoms with Gasteiger partial charge in [0.2, 0.25) is 5.91 Å². The molecule has 0 spiro atoms. The fourth-order valence-corrected chi connectivity index (χ4v) is 4.86. The Morgan fingerprint density at radius 2 is 1.45 bits per heavy atom. The number of carboxylic acids is 1. The number of aliphatic carboxylic acids is 1. The van der Waals surface area contributed by atoms with Crippen LogP contribution in [0.2, 0.25) is 0 Å². The van der Waals surface area contributed by atoms with Crippen molar-refractivity contribution in [1.29, 1.82) is 0 Å². The fourth-order valence-electron chi connectivity index (χ4n) is 4.86. The zero-order valence-corrected chi connectivity index (χ0v) is 21.6. The van der Waals surface area contributed by atoms with Gasteiger partial charge in [-0.3, -0.25) is 9.69 Å². The van der Waals surface area contributed by atoms with E-state index in [4.69, 9.17) is 4.74 Å². The summed E-state index contributed by atoms with van der Waals surface area (Å²) >= 11 is 0. The molecule has 1 aliphatic carbocycles. The Balaban J connectivity index is 1.44.